The van der Waals surface area contributed by atoms with E-state index in [1.165, 1.54) is 0 Å². The van der Waals surface area contributed by atoms with Gasteiger partial charge in [0.1, 0.15) is 12.4 Å². The van der Waals surface area contributed by atoms with Crippen LogP contribution in [0, 0.1) is 0 Å². The summed E-state index contributed by atoms with van der Waals surface area (Å²) in [5.41, 5.74) is 6.64. The van der Waals surface area contributed by atoms with Gasteiger partial charge in [-0.15, -0.1) is 0 Å². The van der Waals surface area contributed by atoms with Gasteiger partial charge >= 0.3 is 0 Å². The fourth-order valence-corrected chi connectivity index (χ4v) is 4.41. The quantitative estimate of drug-likeness (QED) is 0.220. The van der Waals surface area contributed by atoms with Crippen molar-refractivity contribution in [1.29, 1.82) is 0 Å². The van der Waals surface area contributed by atoms with Crippen LogP contribution in [0.1, 0.15) is 0 Å². The second kappa shape index (κ2) is 9.46. The van der Waals surface area contributed by atoms with Crippen LogP contribution in [0.25, 0.3) is 33.6 Å². The van der Waals surface area contributed by atoms with Gasteiger partial charge in [0.2, 0.25) is 0 Å². The molecule has 0 aliphatic carbocycles. The third kappa shape index (κ3) is 5.21. The van der Waals surface area contributed by atoms with Crippen LogP contribution in [-0.4, -0.2) is 24.5 Å². The Labute approximate surface area is 186 Å². The van der Waals surface area contributed by atoms with Crippen molar-refractivity contribution >= 4 is 8.07 Å². The highest BCUT2D eigenvalue weighted by Crippen LogP contribution is 2.39. The van der Waals surface area contributed by atoms with E-state index in [0.29, 0.717) is 6.73 Å². The molecule has 0 fully saturated rings. The summed E-state index contributed by atoms with van der Waals surface area (Å²) in [5.74, 6) is 0. The van der Waals surface area contributed by atoms with Gasteiger partial charge in [-0.1, -0.05) is 111 Å². The lowest BCUT2D eigenvalue weighted by Gasteiger charge is -2.16. The van der Waals surface area contributed by atoms with E-state index < -0.39 is 8.07 Å². The van der Waals surface area contributed by atoms with Gasteiger partial charge in [-0.2, -0.15) is 5.10 Å². The summed E-state index contributed by atoms with van der Waals surface area (Å²) in [5, 5.41) is 5.07. The van der Waals surface area contributed by atoms with Gasteiger partial charge in [0.15, 0.2) is 0 Å². The van der Waals surface area contributed by atoms with Gasteiger partial charge in [-0.25, -0.2) is 4.68 Å². The van der Waals surface area contributed by atoms with Crippen LogP contribution >= 0.6 is 0 Å². The van der Waals surface area contributed by atoms with Gasteiger partial charge in [0.25, 0.3) is 0 Å². The first kappa shape index (κ1) is 21.3. The van der Waals surface area contributed by atoms with Crippen molar-refractivity contribution in [3.63, 3.8) is 0 Å². The van der Waals surface area contributed by atoms with E-state index in [0.717, 1.165) is 46.3 Å². The molecule has 4 rings (SSSR count). The Morgan fingerprint density at radius 1 is 0.710 bits per heavy atom. The molecule has 0 atom stereocenters. The summed E-state index contributed by atoms with van der Waals surface area (Å²) < 4.78 is 8.17. The molecule has 1 heterocycles. The number of rotatable bonds is 8. The highest BCUT2D eigenvalue weighted by Gasteiger charge is 2.22. The third-order valence-corrected chi connectivity index (χ3v) is 7.02. The summed E-state index contributed by atoms with van der Waals surface area (Å²) >= 11 is 0. The van der Waals surface area contributed by atoms with E-state index in [9.17, 15) is 0 Å². The maximum Gasteiger partial charge on any atom is 0.140 e. The molecule has 0 amide bonds. The van der Waals surface area contributed by atoms with Gasteiger partial charge in [-0.3, -0.25) is 0 Å². The van der Waals surface area contributed by atoms with E-state index in [-0.39, 0.29) is 0 Å². The Morgan fingerprint density at radius 2 is 1.23 bits per heavy atom. The molecule has 0 spiro atoms. The van der Waals surface area contributed by atoms with Crippen LogP contribution in [-0.2, 0) is 11.5 Å². The van der Waals surface area contributed by atoms with Crippen LogP contribution in [0.3, 0.4) is 0 Å². The molecule has 4 aromatic rings. The lowest BCUT2D eigenvalue weighted by atomic mass is 9.96. The fraction of sp³-hybridized carbons (Fsp3) is 0.222. The maximum absolute atomic E-state index is 6.13. The lowest BCUT2D eigenvalue weighted by molar-refractivity contribution is 0.0800. The Balaban J connectivity index is 1.83. The van der Waals surface area contributed by atoms with Gasteiger partial charge in [-0.05, 0) is 11.6 Å². The van der Waals surface area contributed by atoms with Crippen LogP contribution in [0.15, 0.2) is 91.0 Å². The van der Waals surface area contributed by atoms with Crippen LogP contribution < -0.4 is 0 Å². The Morgan fingerprint density at radius 3 is 1.77 bits per heavy atom. The maximum atomic E-state index is 6.13. The van der Waals surface area contributed by atoms with Gasteiger partial charge < -0.3 is 4.74 Å². The number of hydrogen-bond donors (Lipinski definition) is 0. The zero-order chi connectivity index (χ0) is 21.7. The molecule has 0 unspecified atom stereocenters. The molecule has 0 aliphatic heterocycles. The second-order valence-corrected chi connectivity index (χ2v) is 14.6. The highest BCUT2D eigenvalue weighted by atomic mass is 28.3. The topological polar surface area (TPSA) is 27.1 Å². The fourth-order valence-electron chi connectivity index (χ4n) is 3.65. The molecular formula is C27H30N2OSi. The highest BCUT2D eigenvalue weighted by molar-refractivity contribution is 6.76. The summed E-state index contributed by atoms with van der Waals surface area (Å²) in [6.07, 6.45) is 0. The molecule has 0 saturated heterocycles. The largest absolute Gasteiger partial charge is 0.360 e. The average Bonchev–Trinajstić information content (AvgIpc) is 3.17. The molecule has 31 heavy (non-hydrogen) atoms. The van der Waals surface area contributed by atoms with Crippen LogP contribution in [0.2, 0.25) is 25.7 Å². The number of nitrogens with zero attached hydrogens (tertiary/aromatic N) is 2. The zero-order valence-electron chi connectivity index (χ0n) is 18.6. The smallest absolute Gasteiger partial charge is 0.140 e. The van der Waals surface area contributed by atoms with Crippen molar-refractivity contribution in [3.05, 3.63) is 91.0 Å². The van der Waals surface area contributed by atoms with Crippen LogP contribution in [0.5, 0.6) is 0 Å². The number of benzene rings is 3. The van der Waals surface area contributed by atoms with Crippen molar-refractivity contribution in [1.82, 2.24) is 9.78 Å². The van der Waals surface area contributed by atoms with Gasteiger partial charge in [0.05, 0.1) is 5.69 Å². The van der Waals surface area contributed by atoms with E-state index in [1.54, 1.807) is 0 Å². The van der Waals surface area contributed by atoms with Crippen LogP contribution in [0.4, 0.5) is 0 Å². The SMILES string of the molecule is C[Si](C)(C)CCOCn1nc(-c2ccccc2)c(-c2ccccc2)c1-c1ccccc1. The monoisotopic (exact) mass is 426 g/mol. The second-order valence-electron chi connectivity index (χ2n) is 9.02. The number of hydrogen-bond acceptors (Lipinski definition) is 2. The van der Waals surface area contributed by atoms with Crippen molar-refractivity contribution in [2.24, 2.45) is 0 Å². The molecular weight excluding hydrogens is 396 g/mol. The molecule has 3 aromatic carbocycles. The van der Waals surface area contributed by atoms with Gasteiger partial charge in [0, 0.05) is 31.4 Å². The minimum atomic E-state index is -1.14. The molecule has 0 radical (unpaired) electrons. The molecule has 3 nitrogen and oxygen atoms in total. The molecule has 158 valence electrons. The molecule has 0 saturated carbocycles. The molecule has 0 N–H and O–H groups in total. The predicted molar refractivity (Wildman–Crippen MR) is 133 cm³/mol. The molecule has 0 aliphatic rings. The standard InChI is InChI=1S/C27H30N2OSi/c1-31(2,3)20-19-30-21-29-27(24-17-11-6-12-18-24)25(22-13-7-4-8-14-22)26(28-29)23-15-9-5-10-16-23/h4-18H,19-21H2,1-3H3. The van der Waals surface area contributed by atoms with E-state index >= 15 is 0 Å². The Kier molecular flexibility index (Phi) is 6.49. The minimum absolute atomic E-state index is 0.446. The first-order valence-electron chi connectivity index (χ1n) is 10.9. The Hall–Kier alpha value is -2.95. The number of aromatic nitrogens is 2. The molecule has 1 aromatic heterocycles. The van der Waals surface area contributed by atoms with E-state index in [1.807, 2.05) is 10.7 Å². The molecule has 4 heteroatoms. The zero-order valence-corrected chi connectivity index (χ0v) is 19.6. The van der Waals surface area contributed by atoms with Crippen molar-refractivity contribution in [3.8, 4) is 33.6 Å². The first-order valence-corrected chi connectivity index (χ1v) is 14.6. The Bertz CT molecular complexity index is 1100. The predicted octanol–water partition coefficient (Wildman–Crippen LogP) is 7.20. The summed E-state index contributed by atoms with van der Waals surface area (Å²) in [7, 11) is -1.14. The lowest BCUT2D eigenvalue weighted by Crippen LogP contribution is -2.22. The minimum Gasteiger partial charge on any atom is -0.360 e. The summed E-state index contributed by atoms with van der Waals surface area (Å²) in [6, 6.07) is 32.6. The average molecular weight is 427 g/mol. The summed E-state index contributed by atoms with van der Waals surface area (Å²) in [4.78, 5) is 0. The van der Waals surface area contributed by atoms with E-state index in [2.05, 4.69) is 105 Å². The van der Waals surface area contributed by atoms with E-state index in [4.69, 9.17) is 9.84 Å². The normalized spacial score (nSPS) is 11.6. The summed E-state index contributed by atoms with van der Waals surface area (Å²) in [6.45, 7) is 8.34. The number of ether oxygens (including phenoxy) is 1. The third-order valence-electron chi connectivity index (χ3n) is 5.32. The van der Waals surface area contributed by atoms with Crippen molar-refractivity contribution in [2.45, 2.75) is 32.4 Å². The van der Waals surface area contributed by atoms with Crippen molar-refractivity contribution < 1.29 is 4.74 Å². The molecule has 0 bridgehead atoms. The van der Waals surface area contributed by atoms with Crippen molar-refractivity contribution in [2.75, 3.05) is 6.61 Å². The first-order chi connectivity index (χ1) is 15.0.